The molecule has 0 aromatic carbocycles. The van der Waals surface area contributed by atoms with E-state index in [0.717, 1.165) is 18.4 Å². The Hall–Kier alpha value is -0.169. The summed E-state index contributed by atoms with van der Waals surface area (Å²) in [5.41, 5.74) is 2.71. The summed E-state index contributed by atoms with van der Waals surface area (Å²) in [5.74, 6) is 0. The highest BCUT2D eigenvalue weighted by Gasteiger charge is 2.44. The van der Waals surface area contributed by atoms with E-state index < -0.39 is 24.7 Å². The number of allylic oxidation sites excluding steroid dienone is 4. The van der Waals surface area contributed by atoms with Crippen LogP contribution >= 0.6 is 0 Å². The fraction of sp³-hybridized carbons (Fsp3) is 0.667. The molecule has 1 nitrogen and oxygen atoms in total. The van der Waals surface area contributed by atoms with Crippen LogP contribution in [-0.2, 0) is 0 Å². The van der Waals surface area contributed by atoms with E-state index >= 15 is 0 Å². The van der Waals surface area contributed by atoms with Gasteiger partial charge in [0.2, 0.25) is 0 Å². The minimum Gasteiger partial charge on any atom is -0.368 e. The Labute approximate surface area is 143 Å². The highest BCUT2D eigenvalue weighted by molar-refractivity contribution is 7.04. The first kappa shape index (κ1) is 21.8. The quantitative estimate of drug-likeness (QED) is 0.255. The van der Waals surface area contributed by atoms with Crippen LogP contribution in [-0.4, -0.2) is 28.6 Å². The zero-order chi connectivity index (χ0) is 17.8. The molecule has 0 bridgehead atoms. The Morgan fingerprint density at radius 2 is 1.41 bits per heavy atom. The second-order valence-corrected chi connectivity index (χ2v) is 24.5. The Balaban J connectivity index is 5.09. The summed E-state index contributed by atoms with van der Waals surface area (Å²) in [4.78, 5) is 0. The standard InChI is InChI=1S/C18H39NSi3/c1-12-17(2)14-13-15-18(3)16-22(10,11)19(20(4,5)6)21(7,8)9/h12,15H,1-2,13-14,16H2,3-11H3/b18-15+. The molecule has 0 radical (unpaired) electrons. The van der Waals surface area contributed by atoms with Crippen LogP contribution in [0.2, 0.25) is 58.4 Å². The van der Waals surface area contributed by atoms with Crippen LogP contribution in [0.5, 0.6) is 0 Å². The second-order valence-electron chi connectivity index (χ2n) is 9.12. The zero-order valence-electron chi connectivity index (χ0n) is 16.6. The number of hydrogen-bond acceptors (Lipinski definition) is 1. The molecule has 0 fully saturated rings. The molecule has 0 aromatic rings. The van der Waals surface area contributed by atoms with Gasteiger partial charge in [0.1, 0.15) is 24.7 Å². The van der Waals surface area contributed by atoms with Crippen molar-refractivity contribution in [3.8, 4) is 0 Å². The Morgan fingerprint density at radius 3 is 1.77 bits per heavy atom. The summed E-state index contributed by atoms with van der Waals surface area (Å²) in [7, 11) is -3.96. The van der Waals surface area contributed by atoms with Crippen molar-refractivity contribution in [2.75, 3.05) is 0 Å². The van der Waals surface area contributed by atoms with Crippen LogP contribution in [0.1, 0.15) is 19.8 Å². The second kappa shape index (κ2) is 8.09. The van der Waals surface area contributed by atoms with Crippen molar-refractivity contribution in [3.63, 3.8) is 0 Å². The van der Waals surface area contributed by atoms with Gasteiger partial charge in [-0.05, 0) is 25.8 Å². The van der Waals surface area contributed by atoms with Gasteiger partial charge in [-0.25, -0.2) is 0 Å². The Morgan fingerprint density at radius 1 is 0.955 bits per heavy atom. The highest BCUT2D eigenvalue weighted by atomic mass is 28.5. The predicted molar refractivity (Wildman–Crippen MR) is 113 cm³/mol. The third kappa shape index (κ3) is 7.40. The van der Waals surface area contributed by atoms with E-state index in [4.69, 9.17) is 0 Å². The molecule has 0 aliphatic rings. The van der Waals surface area contributed by atoms with Gasteiger partial charge in [-0.2, -0.15) is 0 Å². The molecule has 0 saturated carbocycles. The predicted octanol–water partition coefficient (Wildman–Crippen LogP) is 6.63. The zero-order valence-corrected chi connectivity index (χ0v) is 19.6. The molecule has 4 heteroatoms. The molecule has 0 rings (SSSR count). The summed E-state index contributed by atoms with van der Waals surface area (Å²) < 4.78 is 3.06. The largest absolute Gasteiger partial charge is 0.368 e. The van der Waals surface area contributed by atoms with Crippen molar-refractivity contribution >= 4 is 24.7 Å². The monoisotopic (exact) mass is 353 g/mol. The normalized spacial score (nSPS) is 14.4. The molecular weight excluding hydrogens is 314 g/mol. The van der Waals surface area contributed by atoms with E-state index in [-0.39, 0.29) is 0 Å². The van der Waals surface area contributed by atoms with E-state index in [2.05, 4.69) is 82.4 Å². The van der Waals surface area contributed by atoms with Gasteiger partial charge < -0.3 is 3.90 Å². The maximum absolute atomic E-state index is 4.00. The van der Waals surface area contributed by atoms with Gasteiger partial charge in [0.05, 0.1) is 0 Å². The van der Waals surface area contributed by atoms with Crippen LogP contribution in [0.4, 0.5) is 0 Å². The van der Waals surface area contributed by atoms with Gasteiger partial charge >= 0.3 is 0 Å². The van der Waals surface area contributed by atoms with Crippen LogP contribution in [0.15, 0.2) is 36.5 Å². The summed E-state index contributed by atoms with van der Waals surface area (Å²) in [6.45, 7) is 30.4. The van der Waals surface area contributed by atoms with E-state index in [1.807, 2.05) is 6.08 Å². The third-order valence-electron chi connectivity index (χ3n) is 3.91. The molecule has 128 valence electrons. The fourth-order valence-electron chi connectivity index (χ4n) is 4.26. The number of rotatable bonds is 9. The molecule has 0 spiro atoms. The molecule has 0 aliphatic heterocycles. The van der Waals surface area contributed by atoms with Crippen molar-refractivity contribution in [1.82, 2.24) is 3.90 Å². The van der Waals surface area contributed by atoms with Crippen LogP contribution in [0.3, 0.4) is 0 Å². The average molecular weight is 354 g/mol. The first-order chi connectivity index (χ1) is 9.71. The molecule has 0 atom stereocenters. The van der Waals surface area contributed by atoms with E-state index in [1.165, 1.54) is 6.04 Å². The van der Waals surface area contributed by atoms with Gasteiger partial charge in [0.25, 0.3) is 0 Å². The van der Waals surface area contributed by atoms with Crippen LogP contribution < -0.4 is 0 Å². The first-order valence-corrected chi connectivity index (χ1v) is 18.5. The number of hydrogen-bond donors (Lipinski definition) is 0. The SMILES string of the molecule is C=CC(=C)CC/C=C(\C)C[Si](C)(C)N([Si](C)(C)C)[Si](C)(C)C. The van der Waals surface area contributed by atoms with E-state index in [0.29, 0.717) is 0 Å². The molecule has 0 aliphatic carbocycles. The lowest BCUT2D eigenvalue weighted by Crippen LogP contribution is -2.69. The molecule has 0 heterocycles. The molecule has 0 N–H and O–H groups in total. The van der Waals surface area contributed by atoms with Gasteiger partial charge in [-0.3, -0.25) is 0 Å². The Bertz CT molecular complexity index is 409. The summed E-state index contributed by atoms with van der Waals surface area (Å²) >= 11 is 0. The summed E-state index contributed by atoms with van der Waals surface area (Å²) in [6, 6.07) is 1.29. The van der Waals surface area contributed by atoms with Crippen molar-refractivity contribution in [1.29, 1.82) is 0 Å². The van der Waals surface area contributed by atoms with Crippen LogP contribution in [0.25, 0.3) is 0 Å². The lowest BCUT2D eigenvalue weighted by Gasteiger charge is -2.53. The lowest BCUT2D eigenvalue weighted by molar-refractivity contribution is 0.881. The molecular formula is C18H39NSi3. The van der Waals surface area contributed by atoms with Crippen molar-refractivity contribution in [3.05, 3.63) is 36.5 Å². The van der Waals surface area contributed by atoms with Crippen LogP contribution in [0, 0.1) is 0 Å². The van der Waals surface area contributed by atoms with Gasteiger partial charge in [-0.15, -0.1) is 0 Å². The maximum atomic E-state index is 4.00. The smallest absolute Gasteiger partial charge is 0.113 e. The van der Waals surface area contributed by atoms with Gasteiger partial charge in [0, 0.05) is 0 Å². The fourth-order valence-corrected chi connectivity index (χ4v) is 29.0. The van der Waals surface area contributed by atoms with Gasteiger partial charge in [0.15, 0.2) is 0 Å². The van der Waals surface area contributed by atoms with Crippen molar-refractivity contribution < 1.29 is 0 Å². The molecule has 0 saturated heterocycles. The molecule has 0 amide bonds. The Kier molecular flexibility index (Phi) is 8.02. The third-order valence-corrected chi connectivity index (χ3v) is 20.9. The van der Waals surface area contributed by atoms with E-state index in [9.17, 15) is 0 Å². The van der Waals surface area contributed by atoms with Gasteiger partial charge in [-0.1, -0.05) is 88.8 Å². The van der Waals surface area contributed by atoms with Crippen molar-refractivity contribution in [2.24, 2.45) is 0 Å². The molecule has 22 heavy (non-hydrogen) atoms. The maximum Gasteiger partial charge on any atom is 0.113 e. The van der Waals surface area contributed by atoms with E-state index in [1.54, 1.807) is 5.57 Å². The lowest BCUT2D eigenvalue weighted by atomic mass is 10.1. The molecule has 0 aromatic heterocycles. The first-order valence-electron chi connectivity index (χ1n) is 8.48. The minimum atomic E-state index is -1.41. The highest BCUT2D eigenvalue weighted by Crippen LogP contribution is 2.31. The minimum absolute atomic E-state index is 1.04. The average Bonchev–Trinajstić information content (AvgIpc) is 2.22. The topological polar surface area (TPSA) is 3.24 Å². The summed E-state index contributed by atoms with van der Waals surface area (Å²) in [5, 5.41) is 0. The molecule has 0 unspecified atom stereocenters. The number of nitrogens with zero attached hydrogens (tertiary/aromatic N) is 1. The summed E-state index contributed by atoms with van der Waals surface area (Å²) in [6.07, 6.45) is 6.44. The van der Waals surface area contributed by atoms with Crippen molar-refractivity contribution in [2.45, 2.75) is 78.2 Å².